The van der Waals surface area contributed by atoms with Crippen LogP contribution in [0.2, 0.25) is 0 Å². The number of halogens is 1. The Morgan fingerprint density at radius 2 is 2.13 bits per heavy atom. The van der Waals surface area contributed by atoms with Gasteiger partial charge in [0.05, 0.1) is 12.8 Å². The molecule has 0 aliphatic heterocycles. The van der Waals surface area contributed by atoms with Crippen molar-refractivity contribution in [3.05, 3.63) is 47.0 Å². The van der Waals surface area contributed by atoms with Crippen LogP contribution in [0.3, 0.4) is 0 Å². The third-order valence-electron chi connectivity index (χ3n) is 2.59. The Balaban J connectivity index is 2.19. The number of benzene rings is 1. The second-order valence-corrected chi connectivity index (χ2v) is 6.74. The molecule has 1 heterocycles. The van der Waals surface area contributed by atoms with Crippen LogP contribution in [0.5, 0.6) is 5.75 Å². The monoisotopic (exact) mass is 400 g/mol. The third-order valence-corrected chi connectivity index (χ3v) is 4.35. The van der Waals surface area contributed by atoms with Gasteiger partial charge in [-0.2, -0.15) is 0 Å². The number of hydrogen-bond acceptors (Lipinski definition) is 6. The minimum Gasteiger partial charge on any atom is -0.492 e. The van der Waals surface area contributed by atoms with Crippen LogP contribution in [0.1, 0.15) is 17.4 Å². The molecule has 2 aromatic rings. The van der Waals surface area contributed by atoms with Crippen molar-refractivity contribution in [2.45, 2.75) is 11.8 Å². The van der Waals surface area contributed by atoms with Gasteiger partial charge in [-0.25, -0.2) is 13.4 Å². The van der Waals surface area contributed by atoms with Crippen molar-refractivity contribution < 1.29 is 17.9 Å². The molecule has 0 saturated carbocycles. The number of ether oxygens (including phenoxy) is 1. The number of rotatable bonds is 6. The number of aromatic nitrogens is 2. The van der Waals surface area contributed by atoms with E-state index in [9.17, 15) is 13.2 Å². The Labute approximate surface area is 141 Å². The Morgan fingerprint density at radius 1 is 1.35 bits per heavy atom. The van der Waals surface area contributed by atoms with Crippen LogP contribution in [0.4, 0.5) is 0 Å². The number of nitrogens with zero attached hydrogens (tertiary/aromatic N) is 2. The number of hydrogen-bond donors (Lipinski definition) is 2. The largest absolute Gasteiger partial charge is 0.492 e. The number of amides is 1. The lowest BCUT2D eigenvalue weighted by atomic mass is 10.3. The van der Waals surface area contributed by atoms with Crippen molar-refractivity contribution >= 4 is 31.9 Å². The summed E-state index contributed by atoms with van der Waals surface area (Å²) in [5, 5.41) is 0. The fourth-order valence-electron chi connectivity index (χ4n) is 1.62. The van der Waals surface area contributed by atoms with Gasteiger partial charge in [-0.3, -0.25) is 15.2 Å². The second kappa shape index (κ2) is 7.49. The van der Waals surface area contributed by atoms with Gasteiger partial charge in [0, 0.05) is 16.9 Å². The first-order valence-corrected chi connectivity index (χ1v) is 8.72. The van der Waals surface area contributed by atoms with Crippen molar-refractivity contribution in [3.8, 4) is 5.75 Å². The smallest absolute Gasteiger partial charge is 0.286 e. The lowest BCUT2D eigenvalue weighted by molar-refractivity contribution is 0.0939. The molecule has 0 radical (unpaired) electrons. The number of carbonyl (C=O) groups excluding carboxylic acids is 1. The first-order chi connectivity index (χ1) is 10.9. The molecule has 1 aromatic carbocycles. The van der Waals surface area contributed by atoms with E-state index in [1.54, 1.807) is 13.0 Å². The molecule has 0 aliphatic carbocycles. The van der Waals surface area contributed by atoms with Gasteiger partial charge >= 0.3 is 0 Å². The van der Waals surface area contributed by atoms with Crippen LogP contribution in [0.15, 0.2) is 46.2 Å². The van der Waals surface area contributed by atoms with E-state index in [1.165, 1.54) is 30.7 Å². The Hall–Kier alpha value is -2.04. The lowest BCUT2D eigenvalue weighted by Crippen LogP contribution is -2.42. The molecular formula is C13H13BrN4O4S. The minimum absolute atomic E-state index is 0.0190. The van der Waals surface area contributed by atoms with Gasteiger partial charge < -0.3 is 4.74 Å². The van der Waals surface area contributed by atoms with E-state index >= 15 is 0 Å². The van der Waals surface area contributed by atoms with Gasteiger partial charge in [0.15, 0.2) is 0 Å². The summed E-state index contributed by atoms with van der Waals surface area (Å²) in [6, 6.07) is 4.55. The summed E-state index contributed by atoms with van der Waals surface area (Å²) in [5.41, 5.74) is 2.06. The van der Waals surface area contributed by atoms with Gasteiger partial charge in [0.2, 0.25) is 0 Å². The Kier molecular flexibility index (Phi) is 5.64. The SMILES string of the molecule is CCOc1ccc(Br)cc1S(=O)(=O)NNC(=O)c1cnccn1. The zero-order valence-electron chi connectivity index (χ0n) is 12.0. The van der Waals surface area contributed by atoms with Gasteiger partial charge in [0.25, 0.3) is 15.9 Å². The van der Waals surface area contributed by atoms with Crippen molar-refractivity contribution in [2.75, 3.05) is 6.61 Å². The van der Waals surface area contributed by atoms with E-state index < -0.39 is 15.9 Å². The average Bonchev–Trinajstić information content (AvgIpc) is 2.55. The molecule has 122 valence electrons. The van der Waals surface area contributed by atoms with Crippen molar-refractivity contribution in [1.29, 1.82) is 0 Å². The Morgan fingerprint density at radius 3 is 2.78 bits per heavy atom. The fraction of sp³-hybridized carbons (Fsp3) is 0.154. The molecule has 2 N–H and O–H groups in total. The van der Waals surface area contributed by atoms with Crippen LogP contribution in [-0.4, -0.2) is 30.9 Å². The van der Waals surface area contributed by atoms with Gasteiger partial charge in [-0.05, 0) is 25.1 Å². The summed E-state index contributed by atoms with van der Waals surface area (Å²) >= 11 is 3.20. The molecule has 23 heavy (non-hydrogen) atoms. The van der Waals surface area contributed by atoms with Crippen LogP contribution in [0.25, 0.3) is 0 Å². The molecule has 0 unspecified atom stereocenters. The van der Waals surface area contributed by atoms with E-state index in [0.717, 1.165) is 0 Å². The molecule has 10 heteroatoms. The van der Waals surface area contributed by atoms with E-state index in [1.807, 2.05) is 4.83 Å². The van der Waals surface area contributed by atoms with Crippen molar-refractivity contribution in [3.63, 3.8) is 0 Å². The van der Waals surface area contributed by atoms with Crippen molar-refractivity contribution in [1.82, 2.24) is 20.2 Å². The summed E-state index contributed by atoms with van der Waals surface area (Å²) in [4.78, 5) is 21.2. The predicted molar refractivity (Wildman–Crippen MR) is 85.1 cm³/mol. The summed E-state index contributed by atoms with van der Waals surface area (Å²) in [7, 11) is -4.02. The topological polar surface area (TPSA) is 110 Å². The zero-order chi connectivity index (χ0) is 16.9. The normalized spacial score (nSPS) is 11.0. The first kappa shape index (κ1) is 17.3. The number of sulfonamides is 1. The molecule has 1 amide bonds. The lowest BCUT2D eigenvalue weighted by Gasteiger charge is -2.12. The maximum atomic E-state index is 12.4. The number of nitrogens with one attached hydrogen (secondary N) is 2. The Bertz CT molecular complexity index is 799. The first-order valence-electron chi connectivity index (χ1n) is 6.44. The molecule has 2 rings (SSSR count). The molecule has 8 nitrogen and oxygen atoms in total. The van der Waals surface area contributed by atoms with Crippen molar-refractivity contribution in [2.24, 2.45) is 0 Å². The van der Waals surface area contributed by atoms with Crippen LogP contribution in [-0.2, 0) is 10.0 Å². The molecule has 0 saturated heterocycles. The van der Waals surface area contributed by atoms with Crippen LogP contribution >= 0.6 is 15.9 Å². The molecule has 0 aliphatic rings. The quantitative estimate of drug-likeness (QED) is 0.706. The summed E-state index contributed by atoms with van der Waals surface area (Å²) < 4.78 is 30.6. The maximum Gasteiger partial charge on any atom is 0.286 e. The summed E-state index contributed by atoms with van der Waals surface area (Å²) in [6.45, 7) is 2.04. The predicted octanol–water partition coefficient (Wildman–Crippen LogP) is 1.26. The van der Waals surface area contributed by atoms with Crippen LogP contribution < -0.4 is 15.0 Å². The van der Waals surface area contributed by atoms with Crippen LogP contribution in [0, 0.1) is 0 Å². The van der Waals surface area contributed by atoms with E-state index in [2.05, 4.69) is 31.3 Å². The fourth-order valence-corrected chi connectivity index (χ4v) is 3.14. The van der Waals surface area contributed by atoms with E-state index in [-0.39, 0.29) is 16.3 Å². The summed E-state index contributed by atoms with van der Waals surface area (Å²) in [5.74, 6) is -0.549. The number of carbonyl (C=O) groups is 1. The molecule has 0 bridgehead atoms. The molecule has 0 spiro atoms. The van der Waals surface area contributed by atoms with Gasteiger partial charge in [-0.1, -0.05) is 15.9 Å². The van der Waals surface area contributed by atoms with E-state index in [4.69, 9.17) is 4.74 Å². The highest BCUT2D eigenvalue weighted by Crippen LogP contribution is 2.27. The second-order valence-electron chi connectivity index (χ2n) is 4.17. The maximum absolute atomic E-state index is 12.4. The van der Waals surface area contributed by atoms with Gasteiger partial charge in [0.1, 0.15) is 16.3 Å². The standard InChI is InChI=1S/C13H13BrN4O4S/c1-2-22-11-4-3-9(14)7-12(11)23(20,21)18-17-13(19)10-8-15-5-6-16-10/h3-8,18H,2H2,1H3,(H,17,19). The molecule has 1 aromatic heterocycles. The average molecular weight is 401 g/mol. The molecular weight excluding hydrogens is 388 g/mol. The molecule has 0 fully saturated rings. The highest BCUT2D eigenvalue weighted by Gasteiger charge is 2.21. The van der Waals surface area contributed by atoms with E-state index in [0.29, 0.717) is 11.1 Å². The zero-order valence-corrected chi connectivity index (χ0v) is 14.4. The minimum atomic E-state index is -4.02. The van der Waals surface area contributed by atoms with Gasteiger partial charge in [-0.15, -0.1) is 4.83 Å². The highest BCUT2D eigenvalue weighted by molar-refractivity contribution is 9.10. The number of hydrazine groups is 1. The third kappa shape index (κ3) is 4.47. The highest BCUT2D eigenvalue weighted by atomic mass is 79.9. The molecule has 0 atom stereocenters. The summed E-state index contributed by atoms with van der Waals surface area (Å²) in [6.07, 6.45) is 3.94.